The van der Waals surface area contributed by atoms with Gasteiger partial charge in [0.2, 0.25) is 0 Å². The quantitative estimate of drug-likeness (QED) is 0.802. The molecule has 0 aliphatic carbocycles. The van der Waals surface area contributed by atoms with Gasteiger partial charge in [0.05, 0.1) is 10.7 Å². The van der Waals surface area contributed by atoms with Gasteiger partial charge in [-0.05, 0) is 27.6 Å². The average Bonchev–Trinajstić information content (AvgIpc) is 2.73. The van der Waals surface area contributed by atoms with Crippen molar-refractivity contribution >= 4 is 27.7 Å². The number of thioether (sulfide) groups is 1. The number of rotatable bonds is 3. The molecule has 2 aromatic rings. The first kappa shape index (κ1) is 10.7. The zero-order chi connectivity index (χ0) is 10.7. The molecule has 0 spiro atoms. The lowest BCUT2D eigenvalue weighted by Crippen LogP contribution is -1.86. The monoisotopic (exact) mass is 287 g/mol. The van der Waals surface area contributed by atoms with E-state index in [2.05, 4.69) is 20.9 Å². The van der Waals surface area contributed by atoms with Gasteiger partial charge in [-0.3, -0.25) is 0 Å². The molecular weight excluding hydrogens is 281 g/mol. The van der Waals surface area contributed by atoms with Crippen LogP contribution in [0.15, 0.2) is 44.8 Å². The van der Waals surface area contributed by atoms with Crippen molar-refractivity contribution in [2.75, 3.05) is 0 Å². The van der Waals surface area contributed by atoms with Crippen LogP contribution in [0.5, 0.6) is 0 Å². The second-order valence-corrected chi connectivity index (χ2v) is 4.52. The summed E-state index contributed by atoms with van der Waals surface area (Å²) in [5.41, 5.74) is 0.887. The number of halogens is 2. The van der Waals surface area contributed by atoms with Crippen molar-refractivity contribution in [2.45, 2.75) is 11.0 Å². The molecule has 2 nitrogen and oxygen atoms in total. The number of hydrogen-bond acceptors (Lipinski definition) is 3. The lowest BCUT2D eigenvalue weighted by Gasteiger charge is -2.02. The highest BCUT2D eigenvalue weighted by atomic mass is 79.9. The molecule has 0 atom stereocenters. The molecule has 0 amide bonds. The highest BCUT2D eigenvalue weighted by Gasteiger charge is 2.06. The van der Waals surface area contributed by atoms with Gasteiger partial charge in [-0.1, -0.05) is 23.9 Å². The van der Waals surface area contributed by atoms with Gasteiger partial charge in [-0.25, -0.2) is 9.37 Å². The maximum absolute atomic E-state index is 13.1. The molecule has 0 unspecified atom stereocenters. The van der Waals surface area contributed by atoms with Crippen LogP contribution in [0.3, 0.4) is 0 Å². The van der Waals surface area contributed by atoms with E-state index in [1.165, 1.54) is 24.1 Å². The molecule has 0 aliphatic rings. The Balaban J connectivity index is 2.08. The normalized spacial score (nSPS) is 10.5. The van der Waals surface area contributed by atoms with Crippen LogP contribution in [0.2, 0.25) is 0 Å². The standard InChI is InChI=1S/C10H7BrFNOS/c11-9-7(2-1-3-8(9)12)6-15-10-13-4-5-14-10/h1-5H,6H2. The Labute approximate surface area is 99.0 Å². The molecule has 0 saturated carbocycles. The first-order chi connectivity index (χ1) is 7.27. The molecule has 1 aromatic heterocycles. The summed E-state index contributed by atoms with van der Waals surface area (Å²) >= 11 is 4.63. The van der Waals surface area contributed by atoms with Crippen molar-refractivity contribution in [3.63, 3.8) is 0 Å². The van der Waals surface area contributed by atoms with Gasteiger partial charge in [0.1, 0.15) is 12.1 Å². The molecule has 15 heavy (non-hydrogen) atoms. The highest BCUT2D eigenvalue weighted by molar-refractivity contribution is 9.10. The van der Waals surface area contributed by atoms with Crippen molar-refractivity contribution in [2.24, 2.45) is 0 Å². The third-order valence-electron chi connectivity index (χ3n) is 1.79. The summed E-state index contributed by atoms with van der Waals surface area (Å²) in [4.78, 5) is 3.97. The Morgan fingerprint density at radius 1 is 1.47 bits per heavy atom. The maximum Gasteiger partial charge on any atom is 0.255 e. The first-order valence-corrected chi connectivity index (χ1v) is 6.00. The summed E-state index contributed by atoms with van der Waals surface area (Å²) in [6.07, 6.45) is 3.10. The average molecular weight is 288 g/mol. The topological polar surface area (TPSA) is 26.0 Å². The number of benzene rings is 1. The van der Waals surface area contributed by atoms with E-state index < -0.39 is 0 Å². The molecule has 0 saturated heterocycles. The third kappa shape index (κ3) is 2.60. The molecule has 2 rings (SSSR count). The third-order valence-corrected chi connectivity index (χ3v) is 3.58. The molecule has 1 heterocycles. The Hall–Kier alpha value is -0.810. The lowest BCUT2D eigenvalue weighted by atomic mass is 10.2. The molecular formula is C10H7BrFNOS. The van der Waals surface area contributed by atoms with Crippen LogP contribution in [0, 0.1) is 5.82 Å². The van der Waals surface area contributed by atoms with Crippen molar-refractivity contribution < 1.29 is 8.81 Å². The van der Waals surface area contributed by atoms with Gasteiger partial charge >= 0.3 is 0 Å². The summed E-state index contributed by atoms with van der Waals surface area (Å²) in [5.74, 6) is 0.374. The van der Waals surface area contributed by atoms with Gasteiger partial charge < -0.3 is 4.42 Å². The zero-order valence-electron chi connectivity index (χ0n) is 7.61. The predicted octanol–water partition coefficient (Wildman–Crippen LogP) is 3.87. The van der Waals surface area contributed by atoms with Crippen LogP contribution in [0.25, 0.3) is 0 Å². The van der Waals surface area contributed by atoms with Crippen molar-refractivity contribution in [3.05, 3.63) is 46.5 Å². The van der Waals surface area contributed by atoms with Crippen LogP contribution < -0.4 is 0 Å². The minimum absolute atomic E-state index is 0.250. The van der Waals surface area contributed by atoms with E-state index in [4.69, 9.17) is 4.42 Å². The highest BCUT2D eigenvalue weighted by Crippen LogP contribution is 2.27. The lowest BCUT2D eigenvalue weighted by molar-refractivity contribution is 0.454. The summed E-state index contributed by atoms with van der Waals surface area (Å²) in [6.45, 7) is 0. The molecule has 5 heteroatoms. The predicted molar refractivity (Wildman–Crippen MR) is 60.2 cm³/mol. The Bertz CT molecular complexity index is 447. The summed E-state index contributed by atoms with van der Waals surface area (Å²) in [5, 5.41) is 0.589. The summed E-state index contributed by atoms with van der Waals surface area (Å²) in [6, 6.07) is 4.97. The van der Waals surface area contributed by atoms with E-state index in [0.29, 0.717) is 15.4 Å². The van der Waals surface area contributed by atoms with E-state index in [-0.39, 0.29) is 5.82 Å². The molecule has 0 N–H and O–H groups in total. The van der Waals surface area contributed by atoms with E-state index >= 15 is 0 Å². The molecule has 78 valence electrons. The summed E-state index contributed by atoms with van der Waals surface area (Å²) < 4.78 is 18.7. The van der Waals surface area contributed by atoms with E-state index in [1.54, 1.807) is 12.3 Å². The second kappa shape index (κ2) is 4.81. The van der Waals surface area contributed by atoms with Crippen molar-refractivity contribution in [1.82, 2.24) is 4.98 Å². The first-order valence-electron chi connectivity index (χ1n) is 4.22. The van der Waals surface area contributed by atoms with Crippen molar-refractivity contribution in [3.8, 4) is 0 Å². The fourth-order valence-electron chi connectivity index (χ4n) is 1.08. The fraction of sp³-hybridized carbons (Fsp3) is 0.100. The maximum atomic E-state index is 13.1. The Morgan fingerprint density at radius 2 is 2.33 bits per heavy atom. The number of hydrogen-bond donors (Lipinski definition) is 0. The number of oxazole rings is 1. The van der Waals surface area contributed by atoms with Gasteiger partial charge in [-0.15, -0.1) is 0 Å². The minimum Gasteiger partial charge on any atom is -0.440 e. The second-order valence-electron chi connectivity index (χ2n) is 2.80. The SMILES string of the molecule is Fc1cccc(CSc2ncco2)c1Br. The molecule has 0 fully saturated rings. The largest absolute Gasteiger partial charge is 0.440 e. The molecule has 0 bridgehead atoms. The molecule has 0 aliphatic heterocycles. The van der Waals surface area contributed by atoms with Crippen LogP contribution in [0.4, 0.5) is 4.39 Å². The van der Waals surface area contributed by atoms with E-state index in [0.717, 1.165) is 5.56 Å². The molecule has 0 radical (unpaired) electrons. The van der Waals surface area contributed by atoms with Crippen LogP contribution in [-0.4, -0.2) is 4.98 Å². The van der Waals surface area contributed by atoms with E-state index in [9.17, 15) is 4.39 Å². The number of aromatic nitrogens is 1. The van der Waals surface area contributed by atoms with Gasteiger partial charge in [0, 0.05) is 5.75 Å². The summed E-state index contributed by atoms with van der Waals surface area (Å²) in [7, 11) is 0. The van der Waals surface area contributed by atoms with Gasteiger partial charge in [-0.2, -0.15) is 0 Å². The van der Waals surface area contributed by atoms with Crippen LogP contribution >= 0.6 is 27.7 Å². The van der Waals surface area contributed by atoms with Crippen molar-refractivity contribution in [1.29, 1.82) is 0 Å². The van der Waals surface area contributed by atoms with E-state index in [1.807, 2.05) is 6.07 Å². The van der Waals surface area contributed by atoms with Gasteiger partial charge in [0.25, 0.3) is 5.22 Å². The van der Waals surface area contributed by atoms with Gasteiger partial charge in [0.15, 0.2) is 0 Å². The van der Waals surface area contributed by atoms with Crippen LogP contribution in [-0.2, 0) is 5.75 Å². The Kier molecular flexibility index (Phi) is 3.43. The minimum atomic E-state index is -0.250. The Morgan fingerprint density at radius 3 is 3.07 bits per heavy atom. The zero-order valence-corrected chi connectivity index (χ0v) is 10.0. The fourth-order valence-corrected chi connectivity index (χ4v) is 2.45. The number of nitrogens with zero attached hydrogens (tertiary/aromatic N) is 1. The molecule has 1 aromatic carbocycles. The van der Waals surface area contributed by atoms with Crippen LogP contribution in [0.1, 0.15) is 5.56 Å². The smallest absolute Gasteiger partial charge is 0.255 e.